The van der Waals surface area contributed by atoms with Gasteiger partial charge in [-0.15, -0.1) is 0 Å². The number of ether oxygens (including phenoxy) is 1. The zero-order valence-electron chi connectivity index (χ0n) is 12.1. The van der Waals surface area contributed by atoms with Crippen molar-refractivity contribution >= 4 is 29.1 Å². The fourth-order valence-electron chi connectivity index (χ4n) is 2.41. The average molecular weight is 331 g/mol. The molecule has 116 valence electrons. The quantitative estimate of drug-likeness (QED) is 0.850. The number of benzene rings is 1. The van der Waals surface area contributed by atoms with Gasteiger partial charge in [0, 0.05) is 49.7 Å². The lowest BCUT2D eigenvalue weighted by Crippen LogP contribution is -2.35. The van der Waals surface area contributed by atoms with Gasteiger partial charge in [-0.3, -0.25) is 9.69 Å². The van der Waals surface area contributed by atoms with Gasteiger partial charge in [0.1, 0.15) is 12.4 Å². The van der Waals surface area contributed by atoms with E-state index in [1.165, 1.54) is 0 Å². The Morgan fingerprint density at radius 3 is 2.52 bits per heavy atom. The number of hydrogen-bond donors (Lipinski definition) is 0. The molecule has 0 spiro atoms. The van der Waals surface area contributed by atoms with E-state index in [9.17, 15) is 4.79 Å². The van der Waals surface area contributed by atoms with Crippen LogP contribution in [0.15, 0.2) is 18.2 Å². The molecule has 21 heavy (non-hydrogen) atoms. The number of carbonyl (C=O) groups is 1. The Morgan fingerprint density at radius 2 is 1.86 bits per heavy atom. The molecular formula is C15H20Cl2N2O2. The van der Waals surface area contributed by atoms with Crippen LogP contribution < -0.4 is 4.74 Å². The number of amides is 1. The van der Waals surface area contributed by atoms with E-state index in [0.717, 1.165) is 39.1 Å². The van der Waals surface area contributed by atoms with Gasteiger partial charge in [-0.25, -0.2) is 0 Å². The van der Waals surface area contributed by atoms with E-state index in [1.807, 2.05) is 4.90 Å². The van der Waals surface area contributed by atoms with Gasteiger partial charge in [-0.2, -0.15) is 0 Å². The maximum atomic E-state index is 11.4. The van der Waals surface area contributed by atoms with Crippen molar-refractivity contribution in [3.8, 4) is 5.75 Å². The SMILES string of the molecule is CC(=O)N1CCCN(CCOc2cc(Cl)cc(Cl)c2)CC1. The zero-order chi connectivity index (χ0) is 15.2. The minimum Gasteiger partial charge on any atom is -0.492 e. The first-order valence-electron chi connectivity index (χ1n) is 7.11. The van der Waals surface area contributed by atoms with Gasteiger partial charge in [0.25, 0.3) is 0 Å². The van der Waals surface area contributed by atoms with E-state index in [2.05, 4.69) is 4.90 Å². The Hall–Kier alpha value is -0.970. The van der Waals surface area contributed by atoms with Crippen LogP contribution in [0.1, 0.15) is 13.3 Å². The maximum Gasteiger partial charge on any atom is 0.219 e. The Labute approximate surface area is 135 Å². The topological polar surface area (TPSA) is 32.8 Å². The molecule has 1 heterocycles. The molecule has 0 aliphatic carbocycles. The largest absolute Gasteiger partial charge is 0.492 e. The first kappa shape index (κ1) is 16.4. The standard InChI is InChI=1S/C15H20Cl2N2O2/c1-12(20)19-4-2-3-18(5-6-19)7-8-21-15-10-13(16)9-14(17)11-15/h9-11H,2-8H2,1H3. The molecule has 0 saturated carbocycles. The summed E-state index contributed by atoms with van der Waals surface area (Å²) in [4.78, 5) is 15.6. The Balaban J connectivity index is 1.77. The summed E-state index contributed by atoms with van der Waals surface area (Å²) in [6, 6.07) is 5.20. The third-order valence-electron chi connectivity index (χ3n) is 3.55. The normalized spacial score (nSPS) is 16.6. The van der Waals surface area contributed by atoms with E-state index in [0.29, 0.717) is 22.4 Å². The van der Waals surface area contributed by atoms with Crippen molar-refractivity contribution in [3.63, 3.8) is 0 Å². The summed E-state index contributed by atoms with van der Waals surface area (Å²) in [6.07, 6.45) is 1.00. The van der Waals surface area contributed by atoms with Crippen LogP contribution >= 0.6 is 23.2 Å². The Morgan fingerprint density at radius 1 is 1.14 bits per heavy atom. The summed E-state index contributed by atoms with van der Waals surface area (Å²) in [7, 11) is 0. The molecular weight excluding hydrogens is 311 g/mol. The van der Waals surface area contributed by atoms with Gasteiger partial charge < -0.3 is 9.64 Å². The molecule has 1 aliphatic heterocycles. The van der Waals surface area contributed by atoms with Gasteiger partial charge in [0.05, 0.1) is 0 Å². The third kappa shape index (κ3) is 5.38. The molecule has 1 amide bonds. The van der Waals surface area contributed by atoms with Crippen LogP contribution in [0.5, 0.6) is 5.75 Å². The second-order valence-electron chi connectivity index (χ2n) is 5.15. The molecule has 6 heteroatoms. The maximum absolute atomic E-state index is 11.4. The van der Waals surface area contributed by atoms with E-state index in [1.54, 1.807) is 25.1 Å². The number of nitrogens with zero attached hydrogens (tertiary/aromatic N) is 2. The molecule has 1 saturated heterocycles. The van der Waals surface area contributed by atoms with Crippen LogP contribution in [0.3, 0.4) is 0 Å². The molecule has 0 unspecified atom stereocenters. The molecule has 0 N–H and O–H groups in total. The fraction of sp³-hybridized carbons (Fsp3) is 0.533. The average Bonchev–Trinajstić information content (AvgIpc) is 2.63. The minimum atomic E-state index is 0.154. The van der Waals surface area contributed by atoms with Crippen molar-refractivity contribution in [1.82, 2.24) is 9.80 Å². The lowest BCUT2D eigenvalue weighted by atomic mass is 10.3. The number of rotatable bonds is 4. The van der Waals surface area contributed by atoms with Crippen molar-refractivity contribution in [2.24, 2.45) is 0 Å². The van der Waals surface area contributed by atoms with Crippen LogP contribution in [0.4, 0.5) is 0 Å². The van der Waals surface area contributed by atoms with E-state index in [-0.39, 0.29) is 5.91 Å². The van der Waals surface area contributed by atoms with Gasteiger partial charge >= 0.3 is 0 Å². The van der Waals surface area contributed by atoms with Crippen LogP contribution in [-0.2, 0) is 4.79 Å². The molecule has 1 aromatic rings. The zero-order valence-corrected chi connectivity index (χ0v) is 13.7. The number of hydrogen-bond acceptors (Lipinski definition) is 3. The van der Waals surface area contributed by atoms with Crippen molar-refractivity contribution < 1.29 is 9.53 Å². The van der Waals surface area contributed by atoms with Crippen molar-refractivity contribution in [3.05, 3.63) is 28.2 Å². The van der Waals surface area contributed by atoms with Crippen LogP contribution in [0.25, 0.3) is 0 Å². The molecule has 0 atom stereocenters. The monoisotopic (exact) mass is 330 g/mol. The molecule has 1 aliphatic rings. The van der Waals surface area contributed by atoms with Crippen LogP contribution in [0.2, 0.25) is 10.0 Å². The lowest BCUT2D eigenvalue weighted by molar-refractivity contribution is -0.128. The second-order valence-corrected chi connectivity index (χ2v) is 6.03. The van der Waals surface area contributed by atoms with Gasteiger partial charge in [-0.05, 0) is 24.6 Å². The Bertz CT molecular complexity index is 476. The number of carbonyl (C=O) groups excluding carboxylic acids is 1. The van der Waals surface area contributed by atoms with Gasteiger partial charge in [0.2, 0.25) is 5.91 Å². The molecule has 4 nitrogen and oxygen atoms in total. The van der Waals surface area contributed by atoms with E-state index in [4.69, 9.17) is 27.9 Å². The fourth-order valence-corrected chi connectivity index (χ4v) is 2.92. The van der Waals surface area contributed by atoms with Gasteiger partial charge in [0.15, 0.2) is 0 Å². The summed E-state index contributed by atoms with van der Waals surface area (Å²) in [5.41, 5.74) is 0. The molecule has 2 rings (SSSR count). The first-order valence-corrected chi connectivity index (χ1v) is 7.87. The second kappa shape index (κ2) is 7.87. The van der Waals surface area contributed by atoms with E-state index < -0.39 is 0 Å². The molecule has 0 aromatic heterocycles. The van der Waals surface area contributed by atoms with Gasteiger partial charge in [-0.1, -0.05) is 23.2 Å². The van der Waals surface area contributed by atoms with Crippen LogP contribution in [-0.4, -0.2) is 55.0 Å². The predicted molar refractivity (Wildman–Crippen MR) is 85.3 cm³/mol. The van der Waals surface area contributed by atoms with Crippen LogP contribution in [0, 0.1) is 0 Å². The molecule has 1 aromatic carbocycles. The highest BCUT2D eigenvalue weighted by Gasteiger charge is 2.16. The summed E-state index contributed by atoms with van der Waals surface area (Å²) >= 11 is 11.9. The highest BCUT2D eigenvalue weighted by molar-refractivity contribution is 6.34. The summed E-state index contributed by atoms with van der Waals surface area (Å²) in [5, 5.41) is 1.15. The highest BCUT2D eigenvalue weighted by Crippen LogP contribution is 2.24. The third-order valence-corrected chi connectivity index (χ3v) is 3.98. The van der Waals surface area contributed by atoms with E-state index >= 15 is 0 Å². The van der Waals surface area contributed by atoms with Crippen molar-refractivity contribution in [2.45, 2.75) is 13.3 Å². The minimum absolute atomic E-state index is 0.154. The number of halogens is 2. The summed E-state index contributed by atoms with van der Waals surface area (Å²) in [5.74, 6) is 0.842. The van der Waals surface area contributed by atoms with Crippen molar-refractivity contribution in [2.75, 3.05) is 39.3 Å². The Kier molecular flexibility index (Phi) is 6.15. The highest BCUT2D eigenvalue weighted by atomic mass is 35.5. The molecule has 1 fully saturated rings. The first-order chi connectivity index (χ1) is 10.0. The summed E-state index contributed by atoms with van der Waals surface area (Å²) < 4.78 is 5.69. The molecule has 0 bridgehead atoms. The summed E-state index contributed by atoms with van der Waals surface area (Å²) in [6.45, 7) is 6.55. The lowest BCUT2D eigenvalue weighted by Gasteiger charge is -2.21. The smallest absolute Gasteiger partial charge is 0.219 e. The predicted octanol–water partition coefficient (Wildman–Crippen LogP) is 2.93. The van der Waals surface area contributed by atoms with Crippen molar-refractivity contribution in [1.29, 1.82) is 0 Å². The molecule has 0 radical (unpaired) electrons.